The average Bonchev–Trinajstić information content (AvgIpc) is 2.39. The molecule has 0 bridgehead atoms. The highest BCUT2D eigenvalue weighted by atomic mass is 19.1. The molecule has 1 heterocycles. The summed E-state index contributed by atoms with van der Waals surface area (Å²) in [4.78, 5) is 8.31. The van der Waals surface area contributed by atoms with E-state index in [9.17, 15) is 8.78 Å². The van der Waals surface area contributed by atoms with E-state index in [0.717, 1.165) is 18.2 Å². The number of aryl methyl sites for hydroxylation is 1. The van der Waals surface area contributed by atoms with Crippen LogP contribution >= 0.6 is 0 Å². The molecule has 0 spiro atoms. The molecule has 100 valence electrons. The van der Waals surface area contributed by atoms with Gasteiger partial charge in [-0.2, -0.15) is 0 Å². The molecule has 4 nitrogen and oxygen atoms in total. The van der Waals surface area contributed by atoms with E-state index in [2.05, 4.69) is 20.6 Å². The van der Waals surface area contributed by atoms with Crippen LogP contribution in [0.25, 0.3) is 0 Å². The Morgan fingerprint density at radius 2 is 1.84 bits per heavy atom. The molecule has 19 heavy (non-hydrogen) atoms. The van der Waals surface area contributed by atoms with Crippen molar-refractivity contribution >= 4 is 11.6 Å². The molecule has 0 saturated heterocycles. The normalized spacial score (nSPS) is 10.3. The van der Waals surface area contributed by atoms with Gasteiger partial charge >= 0.3 is 0 Å². The molecule has 0 unspecified atom stereocenters. The fourth-order valence-corrected chi connectivity index (χ4v) is 1.65. The molecule has 0 atom stereocenters. The van der Waals surface area contributed by atoms with Gasteiger partial charge in [0.2, 0.25) is 0 Å². The lowest BCUT2D eigenvalue weighted by Crippen LogP contribution is -2.06. The first-order valence-corrected chi connectivity index (χ1v) is 5.79. The van der Waals surface area contributed by atoms with Gasteiger partial charge in [-0.15, -0.1) is 0 Å². The molecule has 2 aromatic rings. The lowest BCUT2D eigenvalue weighted by atomic mass is 10.2. The standard InChI is InChI=1S/C13H14F2N4/c1-8-18-12(16-2)6-13(19-8)17-7-9-5-10(14)3-4-11(9)15/h3-6H,7H2,1-2H3,(H2,16,17,18,19). The summed E-state index contributed by atoms with van der Waals surface area (Å²) in [5, 5.41) is 5.85. The Labute approximate surface area is 109 Å². The van der Waals surface area contributed by atoms with Crippen LogP contribution in [0.5, 0.6) is 0 Å². The number of rotatable bonds is 4. The van der Waals surface area contributed by atoms with Crippen LogP contribution in [0.3, 0.4) is 0 Å². The molecule has 2 rings (SSSR count). The van der Waals surface area contributed by atoms with Crippen molar-refractivity contribution in [2.75, 3.05) is 17.7 Å². The summed E-state index contributed by atoms with van der Waals surface area (Å²) < 4.78 is 26.5. The smallest absolute Gasteiger partial charge is 0.132 e. The maximum Gasteiger partial charge on any atom is 0.132 e. The van der Waals surface area contributed by atoms with Crippen molar-refractivity contribution in [3.8, 4) is 0 Å². The van der Waals surface area contributed by atoms with Gasteiger partial charge in [0, 0.05) is 25.2 Å². The number of hydrogen-bond donors (Lipinski definition) is 2. The first kappa shape index (κ1) is 13.2. The number of halogens is 2. The number of benzene rings is 1. The maximum atomic E-state index is 13.4. The summed E-state index contributed by atoms with van der Waals surface area (Å²) in [7, 11) is 1.75. The largest absolute Gasteiger partial charge is 0.373 e. The molecule has 0 aliphatic heterocycles. The summed E-state index contributed by atoms with van der Waals surface area (Å²) in [6.45, 7) is 1.91. The molecule has 0 aliphatic rings. The first-order valence-electron chi connectivity index (χ1n) is 5.79. The fraction of sp³-hybridized carbons (Fsp3) is 0.231. The topological polar surface area (TPSA) is 49.8 Å². The summed E-state index contributed by atoms with van der Waals surface area (Å²) in [6.07, 6.45) is 0. The second kappa shape index (κ2) is 5.60. The molecule has 1 aromatic carbocycles. The van der Waals surface area contributed by atoms with Crippen molar-refractivity contribution in [3.63, 3.8) is 0 Å². The third-order valence-corrected chi connectivity index (χ3v) is 2.56. The Morgan fingerprint density at radius 3 is 2.58 bits per heavy atom. The van der Waals surface area contributed by atoms with Gasteiger partial charge < -0.3 is 10.6 Å². The molecule has 2 N–H and O–H groups in total. The second-order valence-corrected chi connectivity index (χ2v) is 4.02. The predicted molar refractivity (Wildman–Crippen MR) is 70.0 cm³/mol. The van der Waals surface area contributed by atoms with Crippen LogP contribution in [0.4, 0.5) is 20.4 Å². The second-order valence-electron chi connectivity index (χ2n) is 4.02. The molecule has 0 amide bonds. The van der Waals surface area contributed by atoms with Crippen LogP contribution in [-0.4, -0.2) is 17.0 Å². The highest BCUT2D eigenvalue weighted by Gasteiger charge is 2.05. The minimum atomic E-state index is -0.465. The van der Waals surface area contributed by atoms with Crippen molar-refractivity contribution in [2.24, 2.45) is 0 Å². The third kappa shape index (κ3) is 3.37. The van der Waals surface area contributed by atoms with Crippen molar-refractivity contribution in [2.45, 2.75) is 13.5 Å². The minimum absolute atomic E-state index is 0.156. The van der Waals surface area contributed by atoms with Gasteiger partial charge in [0.05, 0.1) is 0 Å². The summed E-state index contributed by atoms with van der Waals surface area (Å²) in [5.41, 5.74) is 0.252. The Kier molecular flexibility index (Phi) is 3.89. The number of anilines is 2. The minimum Gasteiger partial charge on any atom is -0.373 e. The van der Waals surface area contributed by atoms with Gasteiger partial charge in [0.15, 0.2) is 0 Å². The van der Waals surface area contributed by atoms with E-state index in [1.807, 2.05) is 0 Å². The Hall–Kier alpha value is -2.24. The zero-order valence-electron chi connectivity index (χ0n) is 10.7. The van der Waals surface area contributed by atoms with E-state index >= 15 is 0 Å². The van der Waals surface area contributed by atoms with E-state index in [-0.39, 0.29) is 12.1 Å². The molecule has 0 fully saturated rings. The predicted octanol–water partition coefficient (Wildman–Crippen LogP) is 2.72. The molecule has 0 aliphatic carbocycles. The zero-order chi connectivity index (χ0) is 13.8. The fourth-order valence-electron chi connectivity index (χ4n) is 1.65. The lowest BCUT2D eigenvalue weighted by molar-refractivity contribution is 0.587. The monoisotopic (exact) mass is 264 g/mol. The molecular formula is C13H14F2N4. The van der Waals surface area contributed by atoms with Crippen LogP contribution in [0, 0.1) is 18.6 Å². The number of hydrogen-bond acceptors (Lipinski definition) is 4. The molecular weight excluding hydrogens is 250 g/mol. The van der Waals surface area contributed by atoms with E-state index in [1.54, 1.807) is 20.0 Å². The lowest BCUT2D eigenvalue weighted by Gasteiger charge is -2.09. The van der Waals surface area contributed by atoms with Gasteiger partial charge in [-0.1, -0.05) is 0 Å². The van der Waals surface area contributed by atoms with Gasteiger partial charge in [-0.25, -0.2) is 18.7 Å². The molecule has 0 saturated carbocycles. The van der Waals surface area contributed by atoms with Crippen LogP contribution in [0.2, 0.25) is 0 Å². The third-order valence-electron chi connectivity index (χ3n) is 2.56. The van der Waals surface area contributed by atoms with Crippen LogP contribution < -0.4 is 10.6 Å². The van der Waals surface area contributed by atoms with Gasteiger partial charge in [-0.3, -0.25) is 0 Å². The van der Waals surface area contributed by atoms with Gasteiger partial charge in [0.1, 0.15) is 29.1 Å². The van der Waals surface area contributed by atoms with Crippen molar-refractivity contribution in [3.05, 3.63) is 47.3 Å². The molecule has 6 heteroatoms. The highest BCUT2D eigenvalue weighted by Crippen LogP contribution is 2.14. The van der Waals surface area contributed by atoms with Crippen LogP contribution in [-0.2, 0) is 6.54 Å². The Morgan fingerprint density at radius 1 is 1.11 bits per heavy atom. The Bertz CT molecular complexity index is 587. The molecule has 1 aromatic heterocycles. The van der Waals surface area contributed by atoms with Gasteiger partial charge in [0.25, 0.3) is 0 Å². The first-order chi connectivity index (χ1) is 9.08. The summed E-state index contributed by atoms with van der Waals surface area (Å²) in [5.74, 6) is 0.894. The van der Waals surface area contributed by atoms with Crippen LogP contribution in [0.15, 0.2) is 24.3 Å². The molecule has 0 radical (unpaired) electrons. The van der Waals surface area contributed by atoms with E-state index in [0.29, 0.717) is 17.5 Å². The van der Waals surface area contributed by atoms with Crippen molar-refractivity contribution < 1.29 is 8.78 Å². The van der Waals surface area contributed by atoms with Crippen LogP contribution in [0.1, 0.15) is 11.4 Å². The highest BCUT2D eigenvalue weighted by molar-refractivity contribution is 5.47. The average molecular weight is 264 g/mol. The van der Waals surface area contributed by atoms with E-state index < -0.39 is 11.6 Å². The van der Waals surface area contributed by atoms with E-state index in [4.69, 9.17) is 0 Å². The number of nitrogens with zero attached hydrogens (tertiary/aromatic N) is 2. The van der Waals surface area contributed by atoms with E-state index in [1.165, 1.54) is 0 Å². The van der Waals surface area contributed by atoms with Gasteiger partial charge in [-0.05, 0) is 25.1 Å². The zero-order valence-corrected chi connectivity index (χ0v) is 10.7. The summed E-state index contributed by atoms with van der Waals surface area (Å²) >= 11 is 0. The number of nitrogens with one attached hydrogen (secondary N) is 2. The Balaban J connectivity index is 2.14. The SMILES string of the molecule is CNc1cc(NCc2cc(F)ccc2F)nc(C)n1. The van der Waals surface area contributed by atoms with Crippen molar-refractivity contribution in [1.29, 1.82) is 0 Å². The maximum absolute atomic E-state index is 13.4. The van der Waals surface area contributed by atoms with Crippen molar-refractivity contribution in [1.82, 2.24) is 9.97 Å². The number of aromatic nitrogens is 2. The summed E-state index contributed by atoms with van der Waals surface area (Å²) in [6, 6.07) is 5.06. The quantitative estimate of drug-likeness (QED) is 0.891.